The number of aliphatic imine (C=N–C) groups is 1. The first-order valence-corrected chi connectivity index (χ1v) is 10.3. The highest BCUT2D eigenvalue weighted by Crippen LogP contribution is 2.30. The predicted molar refractivity (Wildman–Crippen MR) is 120 cm³/mol. The van der Waals surface area contributed by atoms with Gasteiger partial charge in [0.25, 0.3) is 0 Å². The lowest BCUT2D eigenvalue weighted by molar-refractivity contribution is 0.600. The highest BCUT2D eigenvalue weighted by molar-refractivity contribution is 6.01. The molecule has 2 aromatic heterocycles. The van der Waals surface area contributed by atoms with Gasteiger partial charge < -0.3 is 10.2 Å². The lowest BCUT2D eigenvalue weighted by Crippen LogP contribution is -2.38. The van der Waals surface area contributed by atoms with Gasteiger partial charge in [-0.15, -0.1) is 0 Å². The highest BCUT2D eigenvalue weighted by Gasteiger charge is 2.31. The van der Waals surface area contributed by atoms with Gasteiger partial charge in [-0.1, -0.05) is 29.8 Å². The van der Waals surface area contributed by atoms with Crippen molar-refractivity contribution in [1.29, 1.82) is 5.41 Å². The topological polar surface area (TPSA) is 106 Å². The zero-order valence-electron chi connectivity index (χ0n) is 17.7. The molecule has 1 fully saturated rings. The van der Waals surface area contributed by atoms with Crippen LogP contribution in [-0.2, 0) is 6.42 Å². The minimum absolute atomic E-state index is 0.198. The van der Waals surface area contributed by atoms with Crippen molar-refractivity contribution in [3.05, 3.63) is 47.9 Å². The fraction of sp³-hybridized carbons (Fsp3) is 0.409. The summed E-state index contributed by atoms with van der Waals surface area (Å²) in [5, 5.41) is 20.1. The largest absolute Gasteiger partial charge is 0.367 e. The Hall–Kier alpha value is -3.29. The summed E-state index contributed by atoms with van der Waals surface area (Å²) in [5.74, 6) is 2.54. The van der Waals surface area contributed by atoms with E-state index in [1.54, 1.807) is 19.6 Å². The van der Waals surface area contributed by atoms with Gasteiger partial charge in [0.05, 0.1) is 11.6 Å². The summed E-state index contributed by atoms with van der Waals surface area (Å²) < 4.78 is 0. The van der Waals surface area contributed by atoms with Crippen LogP contribution in [0.4, 0.5) is 5.82 Å². The zero-order chi connectivity index (χ0) is 21.1. The Bertz CT molecular complexity index is 1050. The van der Waals surface area contributed by atoms with Gasteiger partial charge in [0, 0.05) is 32.5 Å². The van der Waals surface area contributed by atoms with Crippen LogP contribution in [0.1, 0.15) is 30.4 Å². The quantitative estimate of drug-likeness (QED) is 0.446. The molecular weight excluding hydrogens is 376 g/mol. The van der Waals surface area contributed by atoms with E-state index in [0.29, 0.717) is 5.84 Å². The molecule has 0 saturated heterocycles. The molecule has 8 heteroatoms. The molecule has 4 rings (SSSR count). The van der Waals surface area contributed by atoms with Gasteiger partial charge in [0.2, 0.25) is 0 Å². The molecular formula is C22H28N8. The SMILES string of the molecule is C/N=C(/Cc1ccc(C)cc1)N(C)C(=N)[C@@H]1CC[C@H](Nc2ncnc3[nH]ncc23)C1. The molecule has 1 aliphatic rings. The zero-order valence-corrected chi connectivity index (χ0v) is 17.7. The van der Waals surface area contributed by atoms with Gasteiger partial charge in [-0.25, -0.2) is 9.97 Å². The van der Waals surface area contributed by atoms with Crippen LogP contribution in [0.3, 0.4) is 0 Å². The number of anilines is 1. The van der Waals surface area contributed by atoms with Crippen molar-refractivity contribution in [2.24, 2.45) is 10.9 Å². The van der Waals surface area contributed by atoms with E-state index in [0.717, 1.165) is 48.4 Å². The van der Waals surface area contributed by atoms with E-state index in [2.05, 4.69) is 61.7 Å². The molecule has 0 spiro atoms. The van der Waals surface area contributed by atoms with Crippen molar-refractivity contribution < 1.29 is 0 Å². The third-order valence-corrected chi connectivity index (χ3v) is 5.90. The average Bonchev–Trinajstić information content (AvgIpc) is 3.42. The summed E-state index contributed by atoms with van der Waals surface area (Å²) >= 11 is 0. The van der Waals surface area contributed by atoms with E-state index in [4.69, 9.17) is 5.41 Å². The van der Waals surface area contributed by atoms with E-state index in [1.165, 1.54) is 11.1 Å². The second-order valence-corrected chi connectivity index (χ2v) is 7.95. The van der Waals surface area contributed by atoms with Crippen molar-refractivity contribution in [2.75, 3.05) is 19.4 Å². The molecule has 2 atom stereocenters. The summed E-state index contributed by atoms with van der Waals surface area (Å²) in [5.41, 5.74) is 3.19. The number of aryl methyl sites for hydroxylation is 1. The first-order chi connectivity index (χ1) is 14.5. The van der Waals surface area contributed by atoms with E-state index in [1.807, 2.05) is 11.9 Å². The molecule has 2 heterocycles. The highest BCUT2D eigenvalue weighted by atomic mass is 15.2. The van der Waals surface area contributed by atoms with E-state index in [9.17, 15) is 0 Å². The minimum Gasteiger partial charge on any atom is -0.367 e. The standard InChI is InChI=1S/C22H28N8/c1-14-4-6-15(7-5-14)10-19(24-2)30(3)20(23)16-8-9-17(11-16)28-21-18-12-27-29-22(18)26-13-25-21/h4-7,12-13,16-17,23H,8-11H2,1-3H3,(H2,25,26,27,28,29)/b23-20?,24-19-/t16-,17+/m1/s1. The first kappa shape index (κ1) is 20.0. The maximum Gasteiger partial charge on any atom is 0.160 e. The lowest BCUT2D eigenvalue weighted by Gasteiger charge is -2.26. The Morgan fingerprint density at radius 2 is 2.07 bits per heavy atom. The van der Waals surface area contributed by atoms with Crippen molar-refractivity contribution in [1.82, 2.24) is 25.1 Å². The van der Waals surface area contributed by atoms with Gasteiger partial charge in [-0.2, -0.15) is 5.10 Å². The molecule has 0 aliphatic heterocycles. The first-order valence-electron chi connectivity index (χ1n) is 10.3. The average molecular weight is 405 g/mol. The van der Waals surface area contributed by atoms with Crippen molar-refractivity contribution >= 4 is 28.5 Å². The fourth-order valence-electron chi connectivity index (χ4n) is 4.08. The van der Waals surface area contributed by atoms with Crippen LogP contribution in [0.25, 0.3) is 11.0 Å². The molecule has 3 aromatic rings. The lowest BCUT2D eigenvalue weighted by atomic mass is 10.0. The monoisotopic (exact) mass is 404 g/mol. The molecule has 1 saturated carbocycles. The van der Waals surface area contributed by atoms with E-state index in [-0.39, 0.29) is 12.0 Å². The second-order valence-electron chi connectivity index (χ2n) is 7.95. The van der Waals surface area contributed by atoms with Gasteiger partial charge in [-0.05, 0) is 31.7 Å². The molecule has 8 nitrogen and oxygen atoms in total. The normalized spacial score (nSPS) is 19.2. The van der Waals surface area contributed by atoms with Crippen molar-refractivity contribution in [3.8, 4) is 0 Å². The number of H-pyrrole nitrogens is 1. The second kappa shape index (κ2) is 8.61. The number of amidine groups is 2. The number of nitrogens with zero attached hydrogens (tertiary/aromatic N) is 5. The number of aromatic nitrogens is 4. The van der Waals surface area contributed by atoms with Crippen LogP contribution < -0.4 is 5.32 Å². The Labute approximate surface area is 176 Å². The summed E-state index contributed by atoms with van der Waals surface area (Å²) in [6.07, 6.45) is 6.88. The number of hydrogen-bond acceptors (Lipinski definition) is 6. The van der Waals surface area contributed by atoms with Gasteiger partial charge in [0.1, 0.15) is 23.8 Å². The molecule has 1 aliphatic carbocycles. The van der Waals surface area contributed by atoms with Gasteiger partial charge in [0.15, 0.2) is 5.65 Å². The molecule has 30 heavy (non-hydrogen) atoms. The fourth-order valence-corrected chi connectivity index (χ4v) is 4.08. The molecule has 0 radical (unpaired) electrons. The van der Waals surface area contributed by atoms with Crippen LogP contribution in [0.15, 0.2) is 41.8 Å². The number of rotatable bonds is 5. The smallest absolute Gasteiger partial charge is 0.160 e. The summed E-state index contributed by atoms with van der Waals surface area (Å²) in [6.45, 7) is 2.09. The third-order valence-electron chi connectivity index (χ3n) is 5.90. The van der Waals surface area contributed by atoms with Crippen LogP contribution >= 0.6 is 0 Å². The maximum atomic E-state index is 8.78. The number of likely N-dealkylation sites (N-methyl/N-ethyl adjacent to an activating group) is 1. The summed E-state index contributed by atoms with van der Waals surface area (Å²) in [6, 6.07) is 8.77. The Balaban J connectivity index is 1.38. The van der Waals surface area contributed by atoms with Gasteiger partial charge in [-0.3, -0.25) is 15.5 Å². The van der Waals surface area contributed by atoms with E-state index < -0.39 is 0 Å². The summed E-state index contributed by atoms with van der Waals surface area (Å²) in [7, 11) is 3.76. The Kier molecular flexibility index (Phi) is 5.74. The van der Waals surface area contributed by atoms with Gasteiger partial charge >= 0.3 is 0 Å². The molecule has 156 valence electrons. The molecule has 0 bridgehead atoms. The van der Waals surface area contributed by atoms with Crippen LogP contribution in [-0.4, -0.2) is 56.9 Å². The van der Waals surface area contributed by atoms with Crippen LogP contribution in [0.5, 0.6) is 0 Å². The minimum atomic E-state index is 0.198. The number of benzene rings is 1. The number of fused-ring (bicyclic) bond motifs is 1. The number of nitrogens with one attached hydrogen (secondary N) is 3. The van der Waals surface area contributed by atoms with E-state index >= 15 is 0 Å². The number of hydrogen-bond donors (Lipinski definition) is 3. The Morgan fingerprint density at radius 3 is 2.83 bits per heavy atom. The van der Waals surface area contributed by atoms with Crippen LogP contribution in [0.2, 0.25) is 0 Å². The molecule has 0 amide bonds. The van der Waals surface area contributed by atoms with Crippen molar-refractivity contribution in [3.63, 3.8) is 0 Å². The molecule has 3 N–H and O–H groups in total. The van der Waals surface area contributed by atoms with Crippen LogP contribution in [0, 0.1) is 18.3 Å². The predicted octanol–water partition coefficient (Wildman–Crippen LogP) is 3.42. The third kappa shape index (κ3) is 4.17. The number of aromatic amines is 1. The molecule has 0 unspecified atom stereocenters. The molecule has 1 aromatic carbocycles. The Morgan fingerprint density at radius 1 is 1.27 bits per heavy atom. The van der Waals surface area contributed by atoms with Crippen molar-refractivity contribution in [2.45, 2.75) is 38.6 Å². The maximum absolute atomic E-state index is 8.78. The summed E-state index contributed by atoms with van der Waals surface area (Å²) in [4.78, 5) is 15.0.